The average molecular weight is 381 g/mol. The summed E-state index contributed by atoms with van der Waals surface area (Å²) in [6.07, 6.45) is 3.26. The van der Waals surface area contributed by atoms with E-state index in [4.69, 9.17) is 4.42 Å². The Bertz CT molecular complexity index is 858. The molecule has 0 radical (unpaired) electrons. The quantitative estimate of drug-likeness (QED) is 0.663. The van der Waals surface area contributed by atoms with Gasteiger partial charge in [-0.05, 0) is 41.6 Å². The summed E-state index contributed by atoms with van der Waals surface area (Å²) in [6, 6.07) is 16.5. The normalized spacial score (nSPS) is 15.6. The number of rotatable bonds is 5. The fourth-order valence-corrected chi connectivity index (χ4v) is 4.27. The van der Waals surface area contributed by atoms with Crippen LogP contribution in [-0.4, -0.2) is 41.9 Å². The van der Waals surface area contributed by atoms with Gasteiger partial charge in [-0.25, -0.2) is 0 Å². The van der Waals surface area contributed by atoms with E-state index in [2.05, 4.69) is 29.2 Å². The van der Waals surface area contributed by atoms with Crippen LogP contribution in [0.3, 0.4) is 0 Å². The number of hydrogen-bond acceptors (Lipinski definition) is 4. The first-order valence-corrected chi connectivity index (χ1v) is 10.3. The summed E-state index contributed by atoms with van der Waals surface area (Å²) in [7, 11) is 0. The smallest absolute Gasteiger partial charge is 0.227 e. The number of furan rings is 1. The van der Waals surface area contributed by atoms with Gasteiger partial charge in [0.25, 0.3) is 0 Å². The van der Waals surface area contributed by atoms with Gasteiger partial charge in [-0.15, -0.1) is 11.3 Å². The third kappa shape index (κ3) is 4.67. The molecule has 0 spiro atoms. The maximum Gasteiger partial charge on any atom is 0.227 e. The van der Waals surface area contributed by atoms with Crippen LogP contribution in [0.5, 0.6) is 0 Å². The molecule has 0 atom stereocenters. The number of carbonyl (C=O) groups is 1. The summed E-state index contributed by atoms with van der Waals surface area (Å²) in [5.74, 6) is 1.15. The lowest BCUT2D eigenvalue weighted by Crippen LogP contribution is -2.35. The Morgan fingerprint density at radius 1 is 1.04 bits per heavy atom. The van der Waals surface area contributed by atoms with Gasteiger partial charge in [0.05, 0.1) is 12.7 Å². The fraction of sp³-hybridized carbons (Fsp3) is 0.318. The third-order valence-corrected chi connectivity index (χ3v) is 5.86. The zero-order chi connectivity index (χ0) is 18.5. The first-order valence-electron chi connectivity index (χ1n) is 9.43. The number of thiophene rings is 1. The summed E-state index contributed by atoms with van der Waals surface area (Å²) >= 11 is 1.66. The molecule has 27 heavy (non-hydrogen) atoms. The Hall–Kier alpha value is -2.37. The maximum absolute atomic E-state index is 12.6. The van der Waals surface area contributed by atoms with Crippen molar-refractivity contribution >= 4 is 17.2 Å². The molecule has 0 bridgehead atoms. The Kier molecular flexibility index (Phi) is 5.70. The minimum atomic E-state index is 0.249. The van der Waals surface area contributed by atoms with Crippen molar-refractivity contribution in [1.82, 2.24) is 9.80 Å². The maximum atomic E-state index is 12.6. The number of hydrogen-bond donors (Lipinski definition) is 0. The van der Waals surface area contributed by atoms with Crippen LogP contribution in [0.15, 0.2) is 64.6 Å². The highest BCUT2D eigenvalue weighted by Gasteiger charge is 2.19. The Morgan fingerprint density at radius 2 is 2.00 bits per heavy atom. The molecular weight excluding hydrogens is 356 g/mol. The number of amides is 1. The number of nitrogens with zero attached hydrogens (tertiary/aromatic N) is 2. The second-order valence-corrected chi connectivity index (χ2v) is 7.98. The molecule has 0 aliphatic carbocycles. The molecule has 4 rings (SSSR count). The second kappa shape index (κ2) is 8.55. The number of benzene rings is 1. The molecule has 2 aromatic heterocycles. The molecule has 0 saturated carbocycles. The minimum Gasteiger partial charge on any atom is -0.464 e. The zero-order valence-electron chi connectivity index (χ0n) is 15.3. The first-order chi connectivity index (χ1) is 13.3. The lowest BCUT2D eigenvalue weighted by atomic mass is 10.1. The van der Waals surface area contributed by atoms with Gasteiger partial charge < -0.3 is 9.32 Å². The summed E-state index contributed by atoms with van der Waals surface area (Å²) < 4.78 is 5.51. The van der Waals surface area contributed by atoms with Crippen molar-refractivity contribution in [2.24, 2.45) is 0 Å². The standard InChI is InChI=1S/C22H24N2O2S/c25-22(16-20-7-3-14-27-20)24-10-4-9-23(11-12-24)17-18-5-1-6-19(15-18)21-8-2-13-26-21/h1-3,5-8,13-15H,4,9-12,16-17H2. The van der Waals surface area contributed by atoms with E-state index in [1.54, 1.807) is 17.6 Å². The van der Waals surface area contributed by atoms with Crippen LogP contribution in [0.4, 0.5) is 0 Å². The molecule has 4 nitrogen and oxygen atoms in total. The van der Waals surface area contributed by atoms with Gasteiger partial charge in [-0.2, -0.15) is 0 Å². The molecule has 1 aliphatic rings. The van der Waals surface area contributed by atoms with Crippen LogP contribution in [-0.2, 0) is 17.8 Å². The van der Waals surface area contributed by atoms with E-state index in [0.717, 1.165) is 55.3 Å². The van der Waals surface area contributed by atoms with Crippen LogP contribution >= 0.6 is 11.3 Å². The van der Waals surface area contributed by atoms with Crippen LogP contribution < -0.4 is 0 Å². The highest BCUT2D eigenvalue weighted by Crippen LogP contribution is 2.22. The van der Waals surface area contributed by atoms with Crippen molar-refractivity contribution in [2.45, 2.75) is 19.4 Å². The summed E-state index contributed by atoms with van der Waals surface area (Å²) in [4.78, 5) is 18.2. The summed E-state index contributed by atoms with van der Waals surface area (Å²) in [5.41, 5.74) is 2.39. The van der Waals surface area contributed by atoms with Crippen molar-refractivity contribution in [1.29, 1.82) is 0 Å². The molecule has 0 unspecified atom stereocenters. The monoisotopic (exact) mass is 380 g/mol. The fourth-order valence-electron chi connectivity index (χ4n) is 3.58. The highest BCUT2D eigenvalue weighted by molar-refractivity contribution is 7.10. The van der Waals surface area contributed by atoms with Gasteiger partial charge in [-0.3, -0.25) is 9.69 Å². The van der Waals surface area contributed by atoms with Crippen molar-refractivity contribution in [3.8, 4) is 11.3 Å². The van der Waals surface area contributed by atoms with E-state index in [0.29, 0.717) is 6.42 Å². The van der Waals surface area contributed by atoms with E-state index in [9.17, 15) is 4.79 Å². The molecule has 1 amide bonds. The van der Waals surface area contributed by atoms with Crippen LogP contribution in [0.1, 0.15) is 16.9 Å². The molecule has 140 valence electrons. The largest absolute Gasteiger partial charge is 0.464 e. The van der Waals surface area contributed by atoms with E-state index < -0.39 is 0 Å². The van der Waals surface area contributed by atoms with Gasteiger partial charge >= 0.3 is 0 Å². The van der Waals surface area contributed by atoms with E-state index in [-0.39, 0.29) is 5.91 Å². The van der Waals surface area contributed by atoms with Crippen molar-refractivity contribution in [3.63, 3.8) is 0 Å². The molecule has 3 aromatic rings. The van der Waals surface area contributed by atoms with E-state index >= 15 is 0 Å². The lowest BCUT2D eigenvalue weighted by molar-refractivity contribution is -0.130. The predicted octanol–water partition coefficient (Wildman–Crippen LogP) is 4.29. The first kappa shape index (κ1) is 18.0. The topological polar surface area (TPSA) is 36.7 Å². The van der Waals surface area contributed by atoms with Gasteiger partial charge in [0.1, 0.15) is 5.76 Å². The van der Waals surface area contributed by atoms with Gasteiger partial charge in [0.2, 0.25) is 5.91 Å². The molecule has 3 heterocycles. The van der Waals surface area contributed by atoms with E-state index in [1.807, 2.05) is 34.5 Å². The average Bonchev–Trinajstić information content (AvgIpc) is 3.34. The van der Waals surface area contributed by atoms with Gasteiger partial charge in [-0.1, -0.05) is 24.3 Å². The molecule has 1 fully saturated rings. The van der Waals surface area contributed by atoms with Crippen LogP contribution in [0.2, 0.25) is 0 Å². The zero-order valence-corrected chi connectivity index (χ0v) is 16.2. The van der Waals surface area contributed by atoms with Crippen molar-refractivity contribution in [2.75, 3.05) is 26.2 Å². The molecule has 0 N–H and O–H groups in total. The lowest BCUT2D eigenvalue weighted by Gasteiger charge is -2.22. The number of carbonyl (C=O) groups excluding carboxylic acids is 1. The SMILES string of the molecule is O=C(Cc1cccs1)N1CCCN(Cc2cccc(-c3ccco3)c2)CC1. The minimum absolute atomic E-state index is 0.249. The Balaban J connectivity index is 1.35. The third-order valence-electron chi connectivity index (χ3n) is 4.99. The molecule has 1 aromatic carbocycles. The van der Waals surface area contributed by atoms with Crippen molar-refractivity contribution < 1.29 is 9.21 Å². The van der Waals surface area contributed by atoms with Gasteiger partial charge in [0, 0.05) is 43.2 Å². The molecule has 1 aliphatic heterocycles. The van der Waals surface area contributed by atoms with E-state index in [1.165, 1.54) is 5.56 Å². The summed E-state index contributed by atoms with van der Waals surface area (Å²) in [5, 5.41) is 2.03. The van der Waals surface area contributed by atoms with Crippen molar-refractivity contribution in [3.05, 3.63) is 70.6 Å². The van der Waals surface area contributed by atoms with Crippen LogP contribution in [0.25, 0.3) is 11.3 Å². The van der Waals surface area contributed by atoms with Crippen LogP contribution in [0, 0.1) is 0 Å². The van der Waals surface area contributed by atoms with Gasteiger partial charge in [0.15, 0.2) is 0 Å². The summed E-state index contributed by atoms with van der Waals surface area (Å²) in [6.45, 7) is 4.51. The molecule has 5 heteroatoms. The molecular formula is C22H24N2O2S. The predicted molar refractivity (Wildman–Crippen MR) is 109 cm³/mol. The Morgan fingerprint density at radius 3 is 2.81 bits per heavy atom. The highest BCUT2D eigenvalue weighted by atomic mass is 32.1. The second-order valence-electron chi connectivity index (χ2n) is 6.94. The molecule has 1 saturated heterocycles. The Labute approximate surface area is 164 Å².